The summed E-state index contributed by atoms with van der Waals surface area (Å²) in [5.74, 6) is 0. The molecule has 0 bridgehead atoms. The Labute approximate surface area is 204 Å². The number of nitrogens with one attached hydrogen (secondary N) is 1. The van der Waals surface area contributed by atoms with Crippen LogP contribution in [0.25, 0.3) is 5.57 Å². The Morgan fingerprint density at radius 1 is 0.939 bits per heavy atom. The van der Waals surface area contributed by atoms with Gasteiger partial charge in [0.2, 0.25) is 0 Å². The minimum absolute atomic E-state index is 0.177. The van der Waals surface area contributed by atoms with E-state index in [9.17, 15) is 0 Å². The molecule has 0 aliphatic heterocycles. The fourth-order valence-electron chi connectivity index (χ4n) is 6.18. The Morgan fingerprint density at radius 3 is 2.45 bits per heavy atom. The normalized spacial score (nSPS) is 20.1. The third kappa shape index (κ3) is 6.65. The van der Waals surface area contributed by atoms with Crippen molar-refractivity contribution in [2.24, 2.45) is 0 Å². The van der Waals surface area contributed by atoms with Gasteiger partial charge in [-0.1, -0.05) is 88.8 Å². The third-order valence-electron chi connectivity index (χ3n) is 8.07. The van der Waals surface area contributed by atoms with Gasteiger partial charge in [0, 0.05) is 17.7 Å². The summed E-state index contributed by atoms with van der Waals surface area (Å²) in [5.41, 5.74) is 10.5. The molecular weight excluding hydrogens is 398 g/mol. The van der Waals surface area contributed by atoms with Gasteiger partial charge in [-0.05, 0) is 93.1 Å². The van der Waals surface area contributed by atoms with Gasteiger partial charge in [0.1, 0.15) is 0 Å². The summed E-state index contributed by atoms with van der Waals surface area (Å²) >= 11 is 0. The Kier molecular flexibility index (Phi) is 9.90. The lowest BCUT2D eigenvalue weighted by Crippen LogP contribution is -2.28. The molecule has 0 radical (unpaired) electrons. The lowest BCUT2D eigenvalue weighted by atomic mass is 9.75. The number of rotatable bonds is 14. The SMILES string of the molecule is C=C(NCCC1(CCC)C=C(C)c2cc(CCCCCCCC)ccc21)C1=C(C)CCCC1. The minimum atomic E-state index is 0.177. The first kappa shape index (κ1) is 25.9. The maximum absolute atomic E-state index is 4.40. The van der Waals surface area contributed by atoms with Crippen molar-refractivity contribution in [1.82, 2.24) is 5.32 Å². The molecule has 33 heavy (non-hydrogen) atoms. The van der Waals surface area contributed by atoms with Gasteiger partial charge in [0.05, 0.1) is 0 Å². The molecule has 0 fully saturated rings. The van der Waals surface area contributed by atoms with Crippen LogP contribution in [0.15, 0.2) is 47.7 Å². The summed E-state index contributed by atoms with van der Waals surface area (Å²) < 4.78 is 0. The van der Waals surface area contributed by atoms with E-state index in [-0.39, 0.29) is 5.41 Å². The molecule has 1 unspecified atom stereocenters. The Balaban J connectivity index is 1.63. The van der Waals surface area contributed by atoms with Crippen LogP contribution < -0.4 is 5.32 Å². The second-order valence-corrected chi connectivity index (χ2v) is 10.8. The van der Waals surface area contributed by atoms with Crippen LogP contribution >= 0.6 is 0 Å². The van der Waals surface area contributed by atoms with Crippen molar-refractivity contribution in [3.8, 4) is 0 Å². The minimum Gasteiger partial charge on any atom is -0.385 e. The zero-order chi connectivity index (χ0) is 23.7. The summed E-state index contributed by atoms with van der Waals surface area (Å²) in [6, 6.07) is 7.39. The maximum atomic E-state index is 4.40. The van der Waals surface area contributed by atoms with Gasteiger partial charge in [-0.25, -0.2) is 0 Å². The Hall–Kier alpha value is -1.76. The maximum Gasteiger partial charge on any atom is 0.0299 e. The van der Waals surface area contributed by atoms with Crippen molar-refractivity contribution in [3.63, 3.8) is 0 Å². The Bertz CT molecular complexity index is 855. The molecule has 1 aromatic rings. The molecule has 1 atom stereocenters. The molecule has 0 spiro atoms. The molecule has 0 amide bonds. The number of allylic oxidation sites excluding steroid dienone is 4. The number of hydrogen-bond donors (Lipinski definition) is 1. The number of hydrogen-bond acceptors (Lipinski definition) is 1. The lowest BCUT2D eigenvalue weighted by molar-refractivity contribution is 0.446. The quantitative estimate of drug-likeness (QED) is 0.280. The van der Waals surface area contributed by atoms with Gasteiger partial charge in [0.15, 0.2) is 0 Å². The van der Waals surface area contributed by atoms with E-state index in [0.29, 0.717) is 0 Å². The van der Waals surface area contributed by atoms with E-state index < -0.39 is 0 Å². The number of unbranched alkanes of at least 4 members (excludes halogenated alkanes) is 5. The van der Waals surface area contributed by atoms with Crippen LogP contribution in [0.2, 0.25) is 0 Å². The van der Waals surface area contributed by atoms with Gasteiger partial charge < -0.3 is 5.32 Å². The molecule has 2 aliphatic rings. The molecule has 182 valence electrons. The van der Waals surface area contributed by atoms with Crippen LogP contribution in [-0.2, 0) is 11.8 Å². The molecule has 0 heterocycles. The zero-order valence-corrected chi connectivity index (χ0v) is 22.1. The first-order valence-corrected chi connectivity index (χ1v) is 14.0. The highest BCUT2D eigenvalue weighted by atomic mass is 14.9. The van der Waals surface area contributed by atoms with Crippen LogP contribution in [0.4, 0.5) is 0 Å². The predicted molar refractivity (Wildman–Crippen MR) is 147 cm³/mol. The van der Waals surface area contributed by atoms with E-state index in [1.165, 1.54) is 111 Å². The first-order valence-electron chi connectivity index (χ1n) is 14.0. The fourth-order valence-corrected chi connectivity index (χ4v) is 6.18. The van der Waals surface area contributed by atoms with Gasteiger partial charge >= 0.3 is 0 Å². The van der Waals surface area contributed by atoms with Crippen molar-refractivity contribution in [2.75, 3.05) is 6.54 Å². The largest absolute Gasteiger partial charge is 0.385 e. The molecule has 1 nitrogen and oxygen atoms in total. The highest BCUT2D eigenvalue weighted by Gasteiger charge is 2.36. The average molecular weight is 448 g/mol. The van der Waals surface area contributed by atoms with E-state index in [0.717, 1.165) is 13.0 Å². The van der Waals surface area contributed by atoms with Crippen molar-refractivity contribution >= 4 is 5.57 Å². The smallest absolute Gasteiger partial charge is 0.0299 e. The Morgan fingerprint density at radius 2 is 1.70 bits per heavy atom. The fraction of sp³-hybridized carbons (Fsp3) is 0.625. The van der Waals surface area contributed by atoms with Gasteiger partial charge in [-0.3, -0.25) is 0 Å². The summed E-state index contributed by atoms with van der Waals surface area (Å²) in [7, 11) is 0. The molecule has 1 aromatic carbocycles. The van der Waals surface area contributed by atoms with E-state index in [1.807, 2.05) is 0 Å². The molecule has 2 aliphatic carbocycles. The van der Waals surface area contributed by atoms with E-state index in [2.05, 4.69) is 63.9 Å². The van der Waals surface area contributed by atoms with Crippen LogP contribution in [0, 0.1) is 0 Å². The predicted octanol–water partition coefficient (Wildman–Crippen LogP) is 9.43. The second kappa shape index (κ2) is 12.6. The number of benzene rings is 1. The summed E-state index contributed by atoms with van der Waals surface area (Å²) in [6.45, 7) is 14.6. The van der Waals surface area contributed by atoms with Gasteiger partial charge in [-0.2, -0.15) is 0 Å². The summed E-state index contributed by atoms with van der Waals surface area (Å²) in [4.78, 5) is 0. The summed E-state index contributed by atoms with van der Waals surface area (Å²) in [6.07, 6.45) is 20.7. The monoisotopic (exact) mass is 447 g/mol. The van der Waals surface area contributed by atoms with Crippen molar-refractivity contribution in [3.05, 3.63) is 64.4 Å². The van der Waals surface area contributed by atoms with Crippen LogP contribution in [0.3, 0.4) is 0 Å². The zero-order valence-electron chi connectivity index (χ0n) is 22.1. The molecule has 0 aromatic heterocycles. The molecule has 0 saturated carbocycles. The summed E-state index contributed by atoms with van der Waals surface area (Å²) in [5, 5.41) is 3.72. The second-order valence-electron chi connectivity index (χ2n) is 10.8. The molecule has 1 N–H and O–H groups in total. The highest BCUT2D eigenvalue weighted by molar-refractivity contribution is 5.76. The number of fused-ring (bicyclic) bond motifs is 1. The van der Waals surface area contributed by atoms with Gasteiger partial charge in [-0.15, -0.1) is 0 Å². The van der Waals surface area contributed by atoms with Crippen molar-refractivity contribution in [2.45, 2.75) is 123 Å². The van der Waals surface area contributed by atoms with E-state index >= 15 is 0 Å². The molecular formula is C32H49N. The first-order chi connectivity index (χ1) is 16.0. The van der Waals surface area contributed by atoms with Crippen molar-refractivity contribution in [1.29, 1.82) is 0 Å². The van der Waals surface area contributed by atoms with Crippen LogP contribution in [0.1, 0.15) is 128 Å². The van der Waals surface area contributed by atoms with E-state index in [4.69, 9.17) is 0 Å². The molecule has 0 saturated heterocycles. The van der Waals surface area contributed by atoms with Gasteiger partial charge in [0.25, 0.3) is 0 Å². The molecule has 1 heteroatoms. The third-order valence-corrected chi connectivity index (χ3v) is 8.07. The topological polar surface area (TPSA) is 12.0 Å². The van der Waals surface area contributed by atoms with Crippen LogP contribution in [-0.4, -0.2) is 6.54 Å². The van der Waals surface area contributed by atoms with Crippen molar-refractivity contribution < 1.29 is 0 Å². The van der Waals surface area contributed by atoms with Crippen LogP contribution in [0.5, 0.6) is 0 Å². The standard InChI is InChI=1S/C32H49N/c1-6-8-9-10-11-12-16-28-18-19-31-30(23-28)26(4)24-32(31,20-7-2)21-22-33-27(5)29-17-14-13-15-25(29)3/h18-19,23-24,33H,5-17,20-22H2,1-4H3. The highest BCUT2D eigenvalue weighted by Crippen LogP contribution is 2.46. The average Bonchev–Trinajstić information content (AvgIpc) is 3.07. The number of aryl methyl sites for hydroxylation is 1. The van der Waals surface area contributed by atoms with E-state index in [1.54, 1.807) is 11.1 Å². The molecule has 3 rings (SSSR count). The lowest BCUT2D eigenvalue weighted by Gasteiger charge is -2.30.